The lowest BCUT2D eigenvalue weighted by Crippen LogP contribution is -2.53. The molecule has 0 radical (unpaired) electrons. The number of furan rings is 1. The number of benzene rings is 2. The lowest BCUT2D eigenvalue weighted by Gasteiger charge is -2.25. The number of hydrogen-bond acceptors (Lipinski definition) is 6. The molecule has 0 atom stereocenters. The van der Waals surface area contributed by atoms with Crippen LogP contribution in [-0.2, 0) is 29.2 Å². The Kier molecular flexibility index (Phi) is 7.29. The van der Waals surface area contributed by atoms with E-state index in [2.05, 4.69) is 11.9 Å². The van der Waals surface area contributed by atoms with Crippen LogP contribution in [0.1, 0.15) is 22.5 Å². The van der Waals surface area contributed by atoms with Crippen LogP contribution >= 0.6 is 0 Å². The lowest BCUT2D eigenvalue weighted by atomic mass is 10.0. The normalized spacial score (nSPS) is 14.7. The van der Waals surface area contributed by atoms with Crippen LogP contribution in [0.4, 0.5) is 9.18 Å². The third-order valence-electron chi connectivity index (χ3n) is 5.46. The van der Waals surface area contributed by atoms with Gasteiger partial charge < -0.3 is 13.9 Å². The number of methoxy groups -OCH3 is 1. The number of rotatable bonds is 9. The highest BCUT2D eigenvalue weighted by Crippen LogP contribution is 2.35. The van der Waals surface area contributed by atoms with Gasteiger partial charge in [0.15, 0.2) is 11.5 Å². The Bertz CT molecular complexity index is 1350. The van der Waals surface area contributed by atoms with E-state index in [9.17, 15) is 18.8 Å². The standard InChI is InChI=1S/C27H23FN2O6/c1-3-7-18-12-17(14-23(34-2)24(18)36-16-19-8-4-5-10-22(19)28)13-21-25(31)29-27(33)30(26(21)32)15-20-9-6-11-35-20/h3-6,8-14H,1,7,15-16H2,2H3,(H,29,31,33). The molecule has 1 N–H and O–H groups in total. The summed E-state index contributed by atoms with van der Waals surface area (Å²) in [5.74, 6) is -0.868. The molecular weight excluding hydrogens is 467 g/mol. The monoisotopic (exact) mass is 490 g/mol. The average molecular weight is 490 g/mol. The summed E-state index contributed by atoms with van der Waals surface area (Å²) >= 11 is 0. The fourth-order valence-electron chi connectivity index (χ4n) is 3.72. The van der Waals surface area contributed by atoms with E-state index < -0.39 is 23.7 Å². The number of nitrogens with zero attached hydrogens (tertiary/aromatic N) is 1. The second kappa shape index (κ2) is 10.7. The molecule has 0 spiro atoms. The van der Waals surface area contributed by atoms with Gasteiger partial charge in [-0.25, -0.2) is 9.18 Å². The highest BCUT2D eigenvalue weighted by Gasteiger charge is 2.36. The third-order valence-corrected chi connectivity index (χ3v) is 5.46. The van der Waals surface area contributed by atoms with Crippen LogP contribution in [0, 0.1) is 5.82 Å². The molecule has 3 aromatic rings. The number of carbonyl (C=O) groups excluding carboxylic acids is 3. The molecule has 0 bridgehead atoms. The minimum atomic E-state index is -0.833. The first-order valence-electron chi connectivity index (χ1n) is 11.0. The minimum absolute atomic E-state index is 0.0294. The van der Waals surface area contributed by atoms with Gasteiger partial charge in [-0.3, -0.25) is 19.8 Å². The summed E-state index contributed by atoms with van der Waals surface area (Å²) in [7, 11) is 1.45. The fourth-order valence-corrected chi connectivity index (χ4v) is 3.72. The topological polar surface area (TPSA) is 98.1 Å². The van der Waals surface area contributed by atoms with Crippen molar-refractivity contribution in [2.75, 3.05) is 7.11 Å². The maximum Gasteiger partial charge on any atom is 0.331 e. The van der Waals surface area contributed by atoms with Crippen molar-refractivity contribution in [2.24, 2.45) is 0 Å². The van der Waals surface area contributed by atoms with Crippen molar-refractivity contribution in [2.45, 2.75) is 19.6 Å². The molecule has 1 aliphatic rings. The summed E-state index contributed by atoms with van der Waals surface area (Å²) in [6.07, 6.45) is 4.83. The van der Waals surface area contributed by atoms with Gasteiger partial charge in [0, 0.05) is 11.1 Å². The highest BCUT2D eigenvalue weighted by molar-refractivity contribution is 6.30. The molecule has 2 heterocycles. The van der Waals surface area contributed by atoms with E-state index in [4.69, 9.17) is 13.9 Å². The number of carbonyl (C=O) groups is 3. The van der Waals surface area contributed by atoms with Crippen molar-refractivity contribution >= 4 is 23.9 Å². The Balaban J connectivity index is 1.66. The number of imide groups is 2. The van der Waals surface area contributed by atoms with Gasteiger partial charge in [-0.05, 0) is 48.4 Å². The van der Waals surface area contributed by atoms with Crippen LogP contribution in [0.5, 0.6) is 11.5 Å². The van der Waals surface area contributed by atoms with E-state index in [1.807, 2.05) is 0 Å². The molecule has 1 saturated heterocycles. The zero-order valence-electron chi connectivity index (χ0n) is 19.5. The molecule has 1 fully saturated rings. The summed E-state index contributed by atoms with van der Waals surface area (Å²) in [6, 6.07) is 12.0. The van der Waals surface area contributed by atoms with Gasteiger partial charge in [0.05, 0.1) is 19.9 Å². The maximum atomic E-state index is 14.1. The predicted octanol–water partition coefficient (Wildman–Crippen LogP) is 4.40. The van der Waals surface area contributed by atoms with Crippen LogP contribution in [0.25, 0.3) is 6.08 Å². The molecule has 184 valence electrons. The van der Waals surface area contributed by atoms with Crippen molar-refractivity contribution < 1.29 is 32.7 Å². The first-order chi connectivity index (χ1) is 17.4. The summed E-state index contributed by atoms with van der Waals surface area (Å²) < 4.78 is 30.7. The Morgan fingerprint density at radius 3 is 2.61 bits per heavy atom. The minimum Gasteiger partial charge on any atom is -0.493 e. The molecule has 0 aliphatic carbocycles. The van der Waals surface area contributed by atoms with Crippen molar-refractivity contribution in [1.29, 1.82) is 0 Å². The smallest absolute Gasteiger partial charge is 0.331 e. The van der Waals surface area contributed by atoms with E-state index in [1.54, 1.807) is 48.5 Å². The van der Waals surface area contributed by atoms with Gasteiger partial charge >= 0.3 is 6.03 Å². The second-order valence-electron chi connectivity index (χ2n) is 7.87. The van der Waals surface area contributed by atoms with E-state index in [1.165, 1.54) is 25.5 Å². The molecule has 9 heteroatoms. The van der Waals surface area contributed by atoms with E-state index in [0.29, 0.717) is 40.4 Å². The molecule has 4 amide bonds. The number of barbiturate groups is 1. The van der Waals surface area contributed by atoms with Gasteiger partial charge in [-0.15, -0.1) is 6.58 Å². The van der Waals surface area contributed by atoms with E-state index in [0.717, 1.165) is 4.90 Å². The van der Waals surface area contributed by atoms with Crippen LogP contribution < -0.4 is 14.8 Å². The molecule has 4 rings (SSSR count). The van der Waals surface area contributed by atoms with Gasteiger partial charge in [0.1, 0.15) is 23.8 Å². The number of allylic oxidation sites excluding steroid dienone is 1. The average Bonchev–Trinajstić information content (AvgIpc) is 3.38. The summed E-state index contributed by atoms with van der Waals surface area (Å²) in [4.78, 5) is 38.7. The molecule has 0 saturated carbocycles. The number of amides is 4. The number of nitrogens with one attached hydrogen (secondary N) is 1. The largest absolute Gasteiger partial charge is 0.493 e. The Morgan fingerprint density at radius 2 is 1.92 bits per heavy atom. The van der Waals surface area contributed by atoms with Crippen molar-refractivity contribution in [3.63, 3.8) is 0 Å². The van der Waals surface area contributed by atoms with E-state index in [-0.39, 0.29) is 18.7 Å². The zero-order chi connectivity index (χ0) is 25.7. The second-order valence-corrected chi connectivity index (χ2v) is 7.87. The fraction of sp³-hybridized carbons (Fsp3) is 0.148. The summed E-state index contributed by atoms with van der Waals surface area (Å²) in [5, 5.41) is 2.18. The lowest BCUT2D eigenvalue weighted by molar-refractivity contribution is -0.130. The molecule has 2 aromatic carbocycles. The number of urea groups is 1. The predicted molar refractivity (Wildman–Crippen MR) is 128 cm³/mol. The summed E-state index contributed by atoms with van der Waals surface area (Å²) in [5.41, 5.74) is 1.27. The first-order valence-corrected chi connectivity index (χ1v) is 11.0. The molecule has 8 nitrogen and oxygen atoms in total. The van der Waals surface area contributed by atoms with Crippen LogP contribution in [-0.4, -0.2) is 29.9 Å². The van der Waals surface area contributed by atoms with Gasteiger partial charge in [-0.2, -0.15) is 0 Å². The van der Waals surface area contributed by atoms with Crippen LogP contribution in [0.3, 0.4) is 0 Å². The SMILES string of the molecule is C=CCc1cc(C=C2C(=O)NC(=O)N(Cc3ccco3)C2=O)cc(OC)c1OCc1ccccc1F. The number of hydrogen-bond donors (Lipinski definition) is 1. The quantitative estimate of drug-likeness (QED) is 0.271. The van der Waals surface area contributed by atoms with Crippen molar-refractivity contribution in [1.82, 2.24) is 10.2 Å². The van der Waals surface area contributed by atoms with Crippen LogP contribution in [0.2, 0.25) is 0 Å². The zero-order valence-corrected chi connectivity index (χ0v) is 19.5. The molecule has 1 aliphatic heterocycles. The molecule has 1 aromatic heterocycles. The number of ether oxygens (including phenoxy) is 2. The molecule has 36 heavy (non-hydrogen) atoms. The third kappa shape index (κ3) is 5.20. The van der Waals surface area contributed by atoms with Crippen molar-refractivity contribution in [3.05, 3.63) is 101 Å². The summed E-state index contributed by atoms with van der Waals surface area (Å²) in [6.45, 7) is 3.61. The first kappa shape index (κ1) is 24.5. The van der Waals surface area contributed by atoms with Gasteiger partial charge in [0.25, 0.3) is 11.8 Å². The molecule has 0 unspecified atom stereocenters. The Labute approximate surface area is 206 Å². The molecular formula is C27H23FN2O6. The Hall–Kier alpha value is -4.66. The highest BCUT2D eigenvalue weighted by atomic mass is 19.1. The van der Waals surface area contributed by atoms with Gasteiger partial charge in [0.2, 0.25) is 0 Å². The maximum absolute atomic E-state index is 14.1. The van der Waals surface area contributed by atoms with Gasteiger partial charge in [-0.1, -0.05) is 24.3 Å². The van der Waals surface area contributed by atoms with E-state index >= 15 is 0 Å². The van der Waals surface area contributed by atoms with Crippen molar-refractivity contribution in [3.8, 4) is 11.5 Å². The number of halogens is 1. The van der Waals surface area contributed by atoms with Crippen LogP contribution in [0.15, 0.2) is 77.4 Å². The Morgan fingerprint density at radius 1 is 1.11 bits per heavy atom.